The number of rotatable bonds is 6. The average molecular weight is 229 g/mol. The fourth-order valence-corrected chi connectivity index (χ4v) is 2.18. The van der Waals surface area contributed by atoms with Gasteiger partial charge < -0.3 is 9.84 Å². The highest BCUT2D eigenvalue weighted by atomic mass is 32.1. The first-order valence-corrected chi connectivity index (χ1v) is 5.71. The number of hydrogen-bond acceptors (Lipinski definition) is 4. The van der Waals surface area contributed by atoms with E-state index in [0.29, 0.717) is 10.6 Å². The first kappa shape index (κ1) is 12.1. The van der Waals surface area contributed by atoms with Gasteiger partial charge in [-0.1, -0.05) is 13.3 Å². The lowest BCUT2D eigenvalue weighted by atomic mass is 10.3. The monoisotopic (exact) mass is 229 g/mol. The first-order chi connectivity index (χ1) is 7.19. The molecule has 1 heterocycles. The van der Waals surface area contributed by atoms with E-state index in [1.54, 1.807) is 0 Å². The van der Waals surface area contributed by atoms with E-state index < -0.39 is 5.97 Å². The zero-order chi connectivity index (χ0) is 11.3. The van der Waals surface area contributed by atoms with Gasteiger partial charge in [0.05, 0.1) is 17.3 Å². The second kappa shape index (κ2) is 5.82. The molecule has 0 saturated heterocycles. The van der Waals surface area contributed by atoms with E-state index in [-0.39, 0.29) is 6.61 Å². The van der Waals surface area contributed by atoms with Crippen LogP contribution in [0.15, 0.2) is 0 Å². The molecule has 0 unspecified atom stereocenters. The van der Waals surface area contributed by atoms with Gasteiger partial charge in [-0.25, -0.2) is 9.78 Å². The lowest BCUT2D eigenvalue weighted by Crippen LogP contribution is -1.99. The molecule has 0 atom stereocenters. The van der Waals surface area contributed by atoms with Crippen molar-refractivity contribution in [2.24, 2.45) is 0 Å². The summed E-state index contributed by atoms with van der Waals surface area (Å²) in [6.45, 7) is 2.37. The molecule has 1 N–H and O–H groups in total. The number of aromatic carboxylic acids is 1. The van der Waals surface area contributed by atoms with E-state index >= 15 is 0 Å². The van der Waals surface area contributed by atoms with E-state index in [1.807, 2.05) is 0 Å². The molecule has 84 valence electrons. The molecule has 5 heteroatoms. The number of carboxylic acids is 1. The van der Waals surface area contributed by atoms with Crippen molar-refractivity contribution >= 4 is 17.3 Å². The fourth-order valence-electron chi connectivity index (χ4n) is 1.24. The number of thiazole rings is 1. The molecule has 1 aromatic heterocycles. The summed E-state index contributed by atoms with van der Waals surface area (Å²) >= 11 is 1.26. The van der Waals surface area contributed by atoms with Gasteiger partial charge >= 0.3 is 5.97 Å². The van der Waals surface area contributed by atoms with E-state index in [1.165, 1.54) is 18.4 Å². The highest BCUT2D eigenvalue weighted by Gasteiger charge is 2.16. The van der Waals surface area contributed by atoms with E-state index in [2.05, 4.69) is 11.9 Å². The van der Waals surface area contributed by atoms with E-state index in [4.69, 9.17) is 9.84 Å². The van der Waals surface area contributed by atoms with E-state index in [0.717, 1.165) is 24.3 Å². The lowest BCUT2D eigenvalue weighted by molar-refractivity contribution is 0.0697. The van der Waals surface area contributed by atoms with Crippen molar-refractivity contribution in [3.63, 3.8) is 0 Å². The zero-order valence-electron chi connectivity index (χ0n) is 8.95. The number of ether oxygens (including phenoxy) is 1. The number of aryl methyl sites for hydroxylation is 1. The van der Waals surface area contributed by atoms with E-state index in [9.17, 15) is 4.79 Å². The van der Waals surface area contributed by atoms with Crippen molar-refractivity contribution < 1.29 is 14.6 Å². The van der Waals surface area contributed by atoms with Crippen molar-refractivity contribution in [2.45, 2.75) is 32.8 Å². The number of aromatic nitrogens is 1. The largest absolute Gasteiger partial charge is 0.477 e. The fraction of sp³-hybridized carbons (Fsp3) is 0.600. The van der Waals surface area contributed by atoms with Gasteiger partial charge in [0.1, 0.15) is 4.88 Å². The minimum absolute atomic E-state index is 0.268. The number of carbonyl (C=O) groups is 1. The van der Waals surface area contributed by atoms with Crippen LogP contribution < -0.4 is 0 Å². The summed E-state index contributed by atoms with van der Waals surface area (Å²) in [5, 5.41) is 9.84. The van der Waals surface area contributed by atoms with Crippen LogP contribution in [0.25, 0.3) is 0 Å². The van der Waals surface area contributed by atoms with Gasteiger partial charge in [-0.2, -0.15) is 0 Å². The third-order valence-electron chi connectivity index (χ3n) is 1.96. The minimum atomic E-state index is -0.915. The quantitative estimate of drug-likeness (QED) is 0.813. The molecule has 4 nitrogen and oxygen atoms in total. The number of hydrogen-bond donors (Lipinski definition) is 1. The van der Waals surface area contributed by atoms with Crippen LogP contribution in [0.1, 0.15) is 40.1 Å². The van der Waals surface area contributed by atoms with Gasteiger partial charge in [0, 0.05) is 7.11 Å². The van der Waals surface area contributed by atoms with Gasteiger partial charge in [0.2, 0.25) is 0 Å². The summed E-state index contributed by atoms with van der Waals surface area (Å²) < 4.78 is 4.92. The molecule has 0 aromatic carbocycles. The molecule has 0 aliphatic heterocycles. The van der Waals surface area contributed by atoms with Crippen LogP contribution in [-0.2, 0) is 17.8 Å². The average Bonchev–Trinajstić information content (AvgIpc) is 2.59. The Labute approximate surface area is 92.9 Å². The van der Waals surface area contributed by atoms with Gasteiger partial charge in [0.25, 0.3) is 0 Å². The molecule has 0 spiro atoms. The zero-order valence-corrected chi connectivity index (χ0v) is 9.76. The first-order valence-electron chi connectivity index (χ1n) is 4.89. The molecule has 0 bridgehead atoms. The van der Waals surface area contributed by atoms with Crippen LogP contribution in [0.3, 0.4) is 0 Å². The Morgan fingerprint density at radius 3 is 2.87 bits per heavy atom. The summed E-state index contributed by atoms with van der Waals surface area (Å²) in [4.78, 5) is 15.5. The summed E-state index contributed by atoms with van der Waals surface area (Å²) in [5.41, 5.74) is 0.543. The molecular formula is C10H15NO3S. The standard InChI is InChI=1S/C10H15NO3S/c1-3-4-5-8-11-7(6-14-2)9(15-8)10(12)13/h3-6H2,1-2H3,(H,12,13). The normalized spacial score (nSPS) is 10.5. The highest BCUT2D eigenvalue weighted by molar-refractivity contribution is 7.13. The predicted molar refractivity (Wildman–Crippen MR) is 58.4 cm³/mol. The van der Waals surface area contributed by atoms with Crippen molar-refractivity contribution in [3.8, 4) is 0 Å². The lowest BCUT2D eigenvalue weighted by Gasteiger charge is -1.94. The van der Waals surface area contributed by atoms with Gasteiger partial charge in [0.15, 0.2) is 0 Å². The summed E-state index contributed by atoms with van der Waals surface area (Å²) in [6.07, 6.45) is 2.98. The Morgan fingerprint density at radius 1 is 1.60 bits per heavy atom. The Hall–Kier alpha value is -0.940. The predicted octanol–water partition coefficient (Wildman–Crippen LogP) is 2.33. The number of methoxy groups -OCH3 is 1. The molecule has 0 radical (unpaired) electrons. The van der Waals surface area contributed by atoms with Crippen molar-refractivity contribution in [3.05, 3.63) is 15.6 Å². The van der Waals surface area contributed by atoms with Crippen LogP contribution >= 0.6 is 11.3 Å². The summed E-state index contributed by atoms with van der Waals surface area (Å²) in [7, 11) is 1.54. The van der Waals surface area contributed by atoms with Crippen molar-refractivity contribution in [1.82, 2.24) is 4.98 Å². The third kappa shape index (κ3) is 3.28. The molecule has 0 amide bonds. The van der Waals surface area contributed by atoms with Crippen LogP contribution in [-0.4, -0.2) is 23.2 Å². The smallest absolute Gasteiger partial charge is 0.347 e. The maximum absolute atomic E-state index is 10.9. The van der Waals surface area contributed by atoms with Crippen LogP contribution in [0.4, 0.5) is 0 Å². The molecular weight excluding hydrogens is 214 g/mol. The SMILES string of the molecule is CCCCc1nc(COC)c(C(=O)O)s1. The Morgan fingerprint density at radius 2 is 2.33 bits per heavy atom. The number of carboxylic acid groups (broad SMARTS) is 1. The Bertz CT molecular complexity index is 335. The molecule has 0 saturated carbocycles. The van der Waals surface area contributed by atoms with Crippen LogP contribution in [0.2, 0.25) is 0 Å². The summed E-state index contributed by atoms with van der Waals surface area (Å²) in [5.74, 6) is -0.915. The topological polar surface area (TPSA) is 59.4 Å². The van der Waals surface area contributed by atoms with Crippen molar-refractivity contribution in [1.29, 1.82) is 0 Å². The minimum Gasteiger partial charge on any atom is -0.477 e. The highest BCUT2D eigenvalue weighted by Crippen LogP contribution is 2.21. The maximum atomic E-state index is 10.9. The van der Waals surface area contributed by atoms with Crippen LogP contribution in [0.5, 0.6) is 0 Å². The Kier molecular flexibility index (Phi) is 4.71. The molecule has 0 aliphatic carbocycles. The van der Waals surface area contributed by atoms with Crippen LogP contribution in [0, 0.1) is 0 Å². The number of nitrogens with zero attached hydrogens (tertiary/aromatic N) is 1. The molecule has 15 heavy (non-hydrogen) atoms. The van der Waals surface area contributed by atoms with Gasteiger partial charge in [-0.05, 0) is 12.8 Å². The second-order valence-electron chi connectivity index (χ2n) is 3.23. The molecule has 1 rings (SSSR count). The second-order valence-corrected chi connectivity index (χ2v) is 4.31. The maximum Gasteiger partial charge on any atom is 0.347 e. The van der Waals surface area contributed by atoms with Crippen molar-refractivity contribution in [2.75, 3.05) is 7.11 Å². The molecule has 0 aliphatic rings. The summed E-state index contributed by atoms with van der Waals surface area (Å²) in [6, 6.07) is 0. The molecule has 1 aromatic rings. The third-order valence-corrected chi connectivity index (χ3v) is 3.11. The number of unbranched alkanes of at least 4 members (excludes halogenated alkanes) is 1. The Balaban J connectivity index is 2.83. The van der Waals surface area contributed by atoms with Gasteiger partial charge in [-0.3, -0.25) is 0 Å². The van der Waals surface area contributed by atoms with Gasteiger partial charge in [-0.15, -0.1) is 11.3 Å². The molecule has 0 fully saturated rings.